The van der Waals surface area contributed by atoms with Gasteiger partial charge in [-0.2, -0.15) is 0 Å². The molecule has 0 radical (unpaired) electrons. The maximum Gasteiger partial charge on any atom is 0.260 e. The Kier molecular flexibility index (Phi) is 5.95. The first-order valence-electron chi connectivity index (χ1n) is 9.71. The number of nitrogens with zero attached hydrogens (tertiary/aromatic N) is 2. The molecule has 4 aromatic rings. The lowest BCUT2D eigenvalue weighted by Crippen LogP contribution is -2.30. The van der Waals surface area contributed by atoms with Crippen LogP contribution in [0.1, 0.15) is 22.8 Å². The zero-order valence-corrected chi connectivity index (χ0v) is 17.7. The number of anilines is 1. The van der Waals surface area contributed by atoms with Crippen molar-refractivity contribution in [2.75, 3.05) is 18.6 Å². The molecular formula is C24H22N2O3S. The molecule has 0 bridgehead atoms. The molecule has 0 unspecified atom stereocenters. The Balaban J connectivity index is 1.75. The third-order valence-corrected chi connectivity index (χ3v) is 5.71. The highest BCUT2D eigenvalue weighted by Gasteiger charge is 2.22. The maximum atomic E-state index is 13.5. The minimum absolute atomic E-state index is 0.112. The van der Waals surface area contributed by atoms with Crippen LogP contribution in [0.25, 0.3) is 10.2 Å². The number of fused-ring (bicyclic) bond motifs is 1. The number of carbonyl (C=O) groups excluding carboxylic acids is 1. The molecule has 0 saturated heterocycles. The average Bonchev–Trinajstić information content (AvgIpc) is 3.23. The third kappa shape index (κ3) is 4.14. The summed E-state index contributed by atoms with van der Waals surface area (Å²) in [6, 6.07) is 22.9. The molecule has 3 aromatic carbocycles. The Hall–Kier alpha value is -3.38. The molecule has 4 rings (SSSR count). The lowest BCUT2D eigenvalue weighted by atomic mass is 10.1. The molecule has 0 aliphatic rings. The predicted molar refractivity (Wildman–Crippen MR) is 121 cm³/mol. The topological polar surface area (TPSA) is 51.7 Å². The molecule has 5 nitrogen and oxygen atoms in total. The largest absolute Gasteiger partial charge is 0.497 e. The summed E-state index contributed by atoms with van der Waals surface area (Å²) in [6.45, 7) is 2.93. The lowest BCUT2D eigenvalue weighted by molar-refractivity contribution is 0.0985. The van der Waals surface area contributed by atoms with Crippen LogP contribution in [-0.2, 0) is 6.54 Å². The Labute approximate surface area is 179 Å². The van der Waals surface area contributed by atoms with Crippen molar-refractivity contribution >= 4 is 32.6 Å². The smallest absolute Gasteiger partial charge is 0.260 e. The van der Waals surface area contributed by atoms with Crippen LogP contribution in [-0.4, -0.2) is 24.6 Å². The molecule has 0 saturated carbocycles. The van der Waals surface area contributed by atoms with E-state index in [4.69, 9.17) is 14.5 Å². The number of thiazole rings is 1. The Morgan fingerprint density at radius 1 is 1.00 bits per heavy atom. The molecule has 0 aliphatic carbocycles. The van der Waals surface area contributed by atoms with Crippen LogP contribution in [0.2, 0.25) is 0 Å². The van der Waals surface area contributed by atoms with Gasteiger partial charge in [-0.1, -0.05) is 47.7 Å². The van der Waals surface area contributed by atoms with Crippen LogP contribution in [0.4, 0.5) is 5.13 Å². The first-order valence-corrected chi connectivity index (χ1v) is 10.5. The molecule has 6 heteroatoms. The van der Waals surface area contributed by atoms with E-state index < -0.39 is 0 Å². The standard InChI is InChI=1S/C24H22N2O3S/c1-3-29-20-10-7-11-21-22(20)25-24(30-21)26(16-17-8-5-4-6-9-17)23(27)18-12-14-19(28-2)15-13-18/h4-15H,3,16H2,1-2H3. The van der Waals surface area contributed by atoms with E-state index in [9.17, 15) is 4.79 Å². The van der Waals surface area contributed by atoms with Gasteiger partial charge in [0.15, 0.2) is 5.13 Å². The second-order valence-electron chi connectivity index (χ2n) is 6.64. The summed E-state index contributed by atoms with van der Waals surface area (Å²) in [5, 5.41) is 0.641. The van der Waals surface area contributed by atoms with Crippen LogP contribution in [0.5, 0.6) is 11.5 Å². The summed E-state index contributed by atoms with van der Waals surface area (Å²) in [4.78, 5) is 20.0. The fourth-order valence-electron chi connectivity index (χ4n) is 3.18. The highest BCUT2D eigenvalue weighted by molar-refractivity contribution is 7.22. The van der Waals surface area contributed by atoms with Crippen molar-refractivity contribution in [1.29, 1.82) is 0 Å². The number of carbonyl (C=O) groups is 1. The lowest BCUT2D eigenvalue weighted by Gasteiger charge is -2.20. The molecule has 0 spiro atoms. The number of benzene rings is 3. The first kappa shape index (κ1) is 19.9. The minimum atomic E-state index is -0.112. The number of hydrogen-bond donors (Lipinski definition) is 0. The van der Waals surface area contributed by atoms with Crippen LogP contribution < -0.4 is 14.4 Å². The quantitative estimate of drug-likeness (QED) is 0.395. The fourth-order valence-corrected chi connectivity index (χ4v) is 4.16. The molecule has 0 N–H and O–H groups in total. The molecule has 1 heterocycles. The second-order valence-corrected chi connectivity index (χ2v) is 7.65. The average molecular weight is 419 g/mol. The van der Waals surface area contributed by atoms with E-state index in [-0.39, 0.29) is 5.91 Å². The predicted octanol–water partition coefficient (Wildman–Crippen LogP) is 5.55. The second kappa shape index (κ2) is 8.97. The third-order valence-electron chi connectivity index (χ3n) is 4.67. The Morgan fingerprint density at radius 3 is 2.47 bits per heavy atom. The van der Waals surface area contributed by atoms with Gasteiger partial charge in [-0.05, 0) is 48.9 Å². The summed E-state index contributed by atoms with van der Waals surface area (Å²) in [6.07, 6.45) is 0. The maximum absolute atomic E-state index is 13.5. The molecule has 1 amide bonds. The molecule has 152 valence electrons. The van der Waals surface area contributed by atoms with Gasteiger partial charge in [0.05, 0.1) is 25.0 Å². The van der Waals surface area contributed by atoms with E-state index in [1.54, 1.807) is 36.3 Å². The SMILES string of the molecule is CCOc1cccc2sc(N(Cc3ccccc3)C(=O)c3ccc(OC)cc3)nc12. The zero-order chi connectivity index (χ0) is 20.9. The van der Waals surface area contributed by atoms with Gasteiger partial charge in [-0.15, -0.1) is 0 Å². The molecule has 0 aliphatic heterocycles. The highest BCUT2D eigenvalue weighted by Crippen LogP contribution is 2.35. The monoisotopic (exact) mass is 418 g/mol. The number of hydrogen-bond acceptors (Lipinski definition) is 5. The van der Waals surface area contributed by atoms with E-state index in [2.05, 4.69) is 0 Å². The van der Waals surface area contributed by atoms with E-state index in [0.717, 1.165) is 21.5 Å². The highest BCUT2D eigenvalue weighted by atomic mass is 32.1. The Bertz CT molecular complexity index is 1140. The van der Waals surface area contributed by atoms with E-state index in [1.807, 2.05) is 55.5 Å². The zero-order valence-electron chi connectivity index (χ0n) is 16.9. The summed E-state index contributed by atoms with van der Waals surface area (Å²) in [5.41, 5.74) is 2.39. The van der Waals surface area contributed by atoms with Gasteiger partial charge >= 0.3 is 0 Å². The summed E-state index contributed by atoms with van der Waals surface area (Å²) in [5.74, 6) is 1.33. The molecule has 1 aromatic heterocycles. The van der Waals surface area contributed by atoms with Crippen LogP contribution in [0, 0.1) is 0 Å². The van der Waals surface area contributed by atoms with Gasteiger partial charge in [-0.3, -0.25) is 9.69 Å². The normalized spacial score (nSPS) is 10.7. The van der Waals surface area contributed by atoms with E-state index in [0.29, 0.717) is 29.6 Å². The van der Waals surface area contributed by atoms with Gasteiger partial charge in [0.25, 0.3) is 5.91 Å². The molecule has 30 heavy (non-hydrogen) atoms. The van der Waals surface area contributed by atoms with Gasteiger partial charge in [-0.25, -0.2) is 4.98 Å². The van der Waals surface area contributed by atoms with Crippen molar-refractivity contribution in [1.82, 2.24) is 4.98 Å². The number of amides is 1. The van der Waals surface area contributed by atoms with E-state index in [1.165, 1.54) is 11.3 Å². The summed E-state index contributed by atoms with van der Waals surface area (Å²) < 4.78 is 11.9. The first-order chi connectivity index (χ1) is 14.7. The number of aromatic nitrogens is 1. The van der Waals surface area contributed by atoms with Crippen molar-refractivity contribution in [2.45, 2.75) is 13.5 Å². The van der Waals surface area contributed by atoms with E-state index >= 15 is 0 Å². The number of ether oxygens (including phenoxy) is 2. The van der Waals surface area contributed by atoms with Gasteiger partial charge < -0.3 is 9.47 Å². The number of para-hydroxylation sites is 1. The summed E-state index contributed by atoms with van der Waals surface area (Å²) >= 11 is 1.48. The molecule has 0 fully saturated rings. The van der Waals surface area contributed by atoms with Gasteiger partial charge in [0.1, 0.15) is 17.0 Å². The van der Waals surface area contributed by atoms with Crippen LogP contribution in [0.15, 0.2) is 72.8 Å². The van der Waals surface area contributed by atoms with Crippen molar-refractivity contribution in [3.05, 3.63) is 83.9 Å². The molecular weight excluding hydrogens is 396 g/mol. The minimum Gasteiger partial charge on any atom is -0.497 e. The van der Waals surface area contributed by atoms with Crippen molar-refractivity contribution < 1.29 is 14.3 Å². The fraction of sp³-hybridized carbons (Fsp3) is 0.167. The van der Waals surface area contributed by atoms with Crippen LogP contribution >= 0.6 is 11.3 Å². The van der Waals surface area contributed by atoms with Gasteiger partial charge in [0, 0.05) is 5.56 Å². The van der Waals surface area contributed by atoms with Crippen molar-refractivity contribution in [3.8, 4) is 11.5 Å². The van der Waals surface area contributed by atoms with Crippen molar-refractivity contribution in [3.63, 3.8) is 0 Å². The van der Waals surface area contributed by atoms with Crippen LogP contribution in [0.3, 0.4) is 0 Å². The van der Waals surface area contributed by atoms with Gasteiger partial charge in [0.2, 0.25) is 0 Å². The van der Waals surface area contributed by atoms with Crippen molar-refractivity contribution in [2.24, 2.45) is 0 Å². The number of rotatable bonds is 7. The number of methoxy groups -OCH3 is 1. The summed E-state index contributed by atoms with van der Waals surface area (Å²) in [7, 11) is 1.61. The molecule has 0 atom stereocenters. The Morgan fingerprint density at radius 2 is 1.77 bits per heavy atom.